The van der Waals surface area contributed by atoms with Crippen LogP contribution in [0.5, 0.6) is 0 Å². The number of benzene rings is 3. The third kappa shape index (κ3) is 2.13. The van der Waals surface area contributed by atoms with Crippen molar-refractivity contribution in [1.82, 2.24) is 33.4 Å². The molecule has 0 atom stereocenters. The lowest BCUT2D eigenvalue weighted by Crippen LogP contribution is -2.07. The molecular weight excluding hydrogens is 422 g/mol. The molecule has 0 radical (unpaired) electrons. The fourth-order valence-corrected chi connectivity index (χ4v) is 5.18. The highest BCUT2D eigenvalue weighted by molar-refractivity contribution is 6.09. The summed E-state index contributed by atoms with van der Waals surface area (Å²) in [7, 11) is 0. The lowest BCUT2D eigenvalue weighted by atomic mass is 10.1. The minimum absolute atomic E-state index is 0.882. The van der Waals surface area contributed by atoms with E-state index in [-0.39, 0.29) is 0 Å². The normalized spacial score (nSPS) is 12.1. The molecule has 0 aliphatic rings. The summed E-state index contributed by atoms with van der Waals surface area (Å²) in [6.45, 7) is 0. The van der Waals surface area contributed by atoms with Gasteiger partial charge in [0.25, 0.3) is 0 Å². The first kappa shape index (κ1) is 17.6. The van der Waals surface area contributed by atoms with Crippen LogP contribution in [0.15, 0.2) is 104 Å². The number of fused-ring (bicyclic) bond motifs is 9. The van der Waals surface area contributed by atoms with E-state index in [4.69, 9.17) is 10.2 Å². The molecule has 0 bridgehead atoms. The molecule has 0 aliphatic carbocycles. The van der Waals surface area contributed by atoms with Gasteiger partial charge < -0.3 is 4.57 Å². The molecule has 0 unspecified atom stereocenters. The number of nitrogens with zero attached hydrogens (tertiary/aromatic N) is 7. The Kier molecular flexibility index (Phi) is 3.28. The number of hydrogen-bond acceptors (Lipinski definition) is 3. The Morgan fingerprint density at radius 3 is 1.94 bits per heavy atom. The first-order valence-corrected chi connectivity index (χ1v) is 11.2. The molecule has 0 fully saturated rings. The van der Waals surface area contributed by atoms with E-state index < -0.39 is 0 Å². The first-order valence-electron chi connectivity index (χ1n) is 11.2. The molecule has 5 aromatic heterocycles. The zero-order valence-electron chi connectivity index (χ0n) is 17.9. The summed E-state index contributed by atoms with van der Waals surface area (Å²) >= 11 is 0. The van der Waals surface area contributed by atoms with Crippen LogP contribution in [0.4, 0.5) is 0 Å². The van der Waals surface area contributed by atoms with Gasteiger partial charge in [-0.05, 0) is 17.7 Å². The maximum atomic E-state index is 4.84. The largest absolute Gasteiger partial charge is 0.304 e. The van der Waals surface area contributed by atoms with E-state index in [1.165, 1.54) is 10.8 Å². The van der Waals surface area contributed by atoms with Gasteiger partial charge in [0.05, 0.1) is 29.6 Å². The monoisotopic (exact) mass is 439 g/mol. The summed E-state index contributed by atoms with van der Waals surface area (Å²) in [4.78, 5) is 0. The summed E-state index contributed by atoms with van der Waals surface area (Å²) in [6.07, 6.45) is 5.64. The van der Waals surface area contributed by atoms with Gasteiger partial charge in [-0.1, -0.05) is 66.7 Å². The van der Waals surface area contributed by atoms with E-state index in [1.807, 2.05) is 50.2 Å². The van der Waals surface area contributed by atoms with Crippen LogP contribution < -0.4 is 0 Å². The van der Waals surface area contributed by atoms with E-state index >= 15 is 0 Å². The second kappa shape index (κ2) is 6.32. The molecule has 0 saturated carbocycles. The highest BCUT2D eigenvalue weighted by atomic mass is 15.4. The van der Waals surface area contributed by atoms with Crippen molar-refractivity contribution in [3.8, 4) is 16.8 Å². The Balaban J connectivity index is 1.58. The van der Waals surface area contributed by atoms with Crippen molar-refractivity contribution in [2.75, 3.05) is 0 Å². The molecule has 0 N–H and O–H groups in total. The Hall–Kier alpha value is -4.91. The minimum atomic E-state index is 0.882. The third-order valence-electron chi connectivity index (χ3n) is 6.62. The van der Waals surface area contributed by atoms with Crippen molar-refractivity contribution in [3.05, 3.63) is 104 Å². The molecule has 7 heteroatoms. The maximum Gasteiger partial charge on any atom is 0.185 e. The molecule has 5 heterocycles. The van der Waals surface area contributed by atoms with Crippen molar-refractivity contribution in [2.24, 2.45) is 0 Å². The van der Waals surface area contributed by atoms with Gasteiger partial charge in [-0.2, -0.15) is 28.8 Å². The van der Waals surface area contributed by atoms with Gasteiger partial charge in [0.15, 0.2) is 16.9 Å². The van der Waals surface area contributed by atoms with Crippen molar-refractivity contribution in [3.63, 3.8) is 0 Å². The van der Waals surface area contributed by atoms with Gasteiger partial charge in [-0.3, -0.25) is 0 Å². The molecular formula is C27H17N7. The fourth-order valence-electron chi connectivity index (χ4n) is 5.18. The molecule has 0 aliphatic heterocycles. The van der Waals surface area contributed by atoms with Crippen LogP contribution in [-0.2, 0) is 0 Å². The number of rotatable bonds is 2. The van der Waals surface area contributed by atoms with E-state index in [9.17, 15) is 0 Å². The van der Waals surface area contributed by atoms with E-state index in [2.05, 4.69) is 70.3 Å². The predicted octanol–water partition coefficient (Wildman–Crippen LogP) is 5.39. The molecule has 0 saturated heterocycles. The van der Waals surface area contributed by atoms with Crippen molar-refractivity contribution in [2.45, 2.75) is 0 Å². The summed E-state index contributed by atoms with van der Waals surface area (Å²) in [5.74, 6) is 0. The van der Waals surface area contributed by atoms with Crippen molar-refractivity contribution in [1.29, 1.82) is 0 Å². The second-order valence-electron chi connectivity index (χ2n) is 8.40. The van der Waals surface area contributed by atoms with Crippen molar-refractivity contribution >= 4 is 38.7 Å². The maximum absolute atomic E-state index is 4.84. The molecule has 8 aromatic rings. The van der Waals surface area contributed by atoms with Gasteiger partial charge in [-0.25, -0.2) is 0 Å². The number of hydrogen-bond donors (Lipinski definition) is 0. The van der Waals surface area contributed by atoms with Crippen LogP contribution in [0.25, 0.3) is 55.6 Å². The summed E-state index contributed by atoms with van der Waals surface area (Å²) in [6, 6.07) is 29.3. The first-order chi connectivity index (χ1) is 16.9. The highest BCUT2D eigenvalue weighted by Crippen LogP contribution is 2.34. The van der Waals surface area contributed by atoms with Crippen LogP contribution in [0.1, 0.15) is 0 Å². The molecule has 34 heavy (non-hydrogen) atoms. The van der Waals surface area contributed by atoms with Gasteiger partial charge in [0, 0.05) is 22.4 Å². The van der Waals surface area contributed by atoms with E-state index in [0.717, 1.165) is 44.8 Å². The number of para-hydroxylation sites is 2. The Morgan fingerprint density at radius 1 is 0.529 bits per heavy atom. The van der Waals surface area contributed by atoms with Crippen molar-refractivity contribution < 1.29 is 0 Å². The average molecular weight is 439 g/mol. The fraction of sp³-hybridized carbons (Fsp3) is 0. The van der Waals surface area contributed by atoms with Crippen LogP contribution in [-0.4, -0.2) is 33.4 Å². The quantitative estimate of drug-likeness (QED) is 0.363. The highest BCUT2D eigenvalue weighted by Gasteiger charge is 2.22. The summed E-state index contributed by atoms with van der Waals surface area (Å²) in [5, 5.41) is 16.7. The second-order valence-corrected chi connectivity index (χ2v) is 8.40. The predicted molar refractivity (Wildman–Crippen MR) is 132 cm³/mol. The zero-order valence-corrected chi connectivity index (χ0v) is 17.9. The van der Waals surface area contributed by atoms with Crippen LogP contribution in [0.3, 0.4) is 0 Å². The lowest BCUT2D eigenvalue weighted by Gasteiger charge is -2.09. The Labute approximate surface area is 192 Å². The van der Waals surface area contributed by atoms with Crippen LogP contribution in [0.2, 0.25) is 0 Å². The lowest BCUT2D eigenvalue weighted by molar-refractivity contribution is 0.827. The topological polar surface area (TPSA) is 56.8 Å². The van der Waals surface area contributed by atoms with Crippen LogP contribution in [0, 0.1) is 0 Å². The van der Waals surface area contributed by atoms with Gasteiger partial charge in [-0.15, -0.1) is 0 Å². The standard InChI is InChI=1S/C27H17N7/c1-2-8-18(9-3-1)21-16-29-34-26(21)32-25(14-15-28-32)33-27(34)24(17-30-33)31-22-12-6-4-10-19(22)20-11-5-7-13-23(20)31/h1-17H. The molecule has 8 rings (SSSR count). The molecule has 7 nitrogen and oxygen atoms in total. The molecule has 0 amide bonds. The molecule has 0 spiro atoms. The van der Waals surface area contributed by atoms with Gasteiger partial charge in [0.2, 0.25) is 0 Å². The molecule has 160 valence electrons. The average Bonchev–Trinajstić information content (AvgIpc) is 3.66. The SMILES string of the molecule is c1ccc(-c2cnn3c2n2nccc2n2ncc(-n4c5ccccc5c5ccccc54)c23)cc1. The number of aromatic nitrogens is 7. The van der Waals surface area contributed by atoms with E-state index in [0.29, 0.717) is 0 Å². The Morgan fingerprint density at radius 2 is 1.18 bits per heavy atom. The zero-order chi connectivity index (χ0) is 22.2. The van der Waals surface area contributed by atoms with Gasteiger partial charge in [0.1, 0.15) is 5.69 Å². The third-order valence-corrected chi connectivity index (χ3v) is 6.62. The van der Waals surface area contributed by atoms with Crippen LogP contribution >= 0.6 is 0 Å². The minimum Gasteiger partial charge on any atom is -0.304 e. The Bertz CT molecular complexity index is 1970. The smallest absolute Gasteiger partial charge is 0.185 e. The molecule has 3 aromatic carbocycles. The summed E-state index contributed by atoms with van der Waals surface area (Å²) in [5.41, 5.74) is 8.02. The summed E-state index contributed by atoms with van der Waals surface area (Å²) < 4.78 is 8.06. The van der Waals surface area contributed by atoms with Gasteiger partial charge >= 0.3 is 0 Å². The van der Waals surface area contributed by atoms with E-state index in [1.54, 1.807) is 6.20 Å².